The van der Waals surface area contributed by atoms with Crippen LogP contribution in [0.1, 0.15) is 15.9 Å². The van der Waals surface area contributed by atoms with Crippen molar-refractivity contribution in [3.8, 4) is 0 Å². The van der Waals surface area contributed by atoms with E-state index >= 15 is 0 Å². The van der Waals surface area contributed by atoms with Gasteiger partial charge in [0, 0.05) is 16.9 Å². The molecule has 0 aliphatic heterocycles. The lowest BCUT2D eigenvalue weighted by atomic mass is 10.2. The zero-order valence-corrected chi connectivity index (χ0v) is 14.8. The molecule has 0 bridgehead atoms. The van der Waals surface area contributed by atoms with E-state index in [1.54, 1.807) is 12.1 Å². The topological polar surface area (TPSA) is 92.9 Å². The van der Waals surface area contributed by atoms with Crippen molar-refractivity contribution in [1.29, 1.82) is 0 Å². The summed E-state index contributed by atoms with van der Waals surface area (Å²) in [4.78, 5) is 19.3. The molecule has 0 fully saturated rings. The highest BCUT2D eigenvalue weighted by atomic mass is 35.5. The van der Waals surface area contributed by atoms with E-state index in [-0.39, 0.29) is 22.5 Å². The molecule has 10 heteroatoms. The smallest absolute Gasteiger partial charge is 0.366 e. The lowest BCUT2D eigenvalue weighted by Gasteiger charge is -2.12. The normalized spacial score (nSPS) is 11.1. The summed E-state index contributed by atoms with van der Waals surface area (Å²) in [6.45, 7) is 0. The zero-order chi connectivity index (χ0) is 20.3. The predicted octanol–water partition coefficient (Wildman–Crippen LogP) is 4.73. The van der Waals surface area contributed by atoms with Crippen LogP contribution in [0.4, 0.5) is 36.3 Å². The molecule has 0 aliphatic rings. The van der Waals surface area contributed by atoms with Gasteiger partial charge in [0.25, 0.3) is 0 Å². The number of carbonyl (C=O) groups excluding carboxylic acids is 1. The maximum Gasteiger partial charge on any atom is 0.416 e. The molecule has 4 N–H and O–H groups in total. The molecule has 0 saturated heterocycles. The van der Waals surface area contributed by atoms with Crippen LogP contribution in [-0.2, 0) is 6.18 Å². The monoisotopic (exact) mass is 407 g/mol. The van der Waals surface area contributed by atoms with Gasteiger partial charge >= 0.3 is 6.18 Å². The summed E-state index contributed by atoms with van der Waals surface area (Å²) in [5.41, 5.74) is 5.49. The lowest BCUT2D eigenvalue weighted by Crippen LogP contribution is -2.10. The number of anilines is 4. The molecule has 144 valence electrons. The van der Waals surface area contributed by atoms with E-state index < -0.39 is 17.6 Å². The highest BCUT2D eigenvalue weighted by Gasteiger charge is 2.30. The molecule has 3 aromatic rings. The minimum Gasteiger partial charge on any atom is -0.366 e. The Balaban J connectivity index is 1.81. The zero-order valence-electron chi connectivity index (χ0n) is 14.1. The van der Waals surface area contributed by atoms with Gasteiger partial charge in [-0.25, -0.2) is 4.98 Å². The fraction of sp³-hybridized carbons (Fsp3) is 0.0556. The van der Waals surface area contributed by atoms with Crippen LogP contribution in [0.15, 0.2) is 54.7 Å². The van der Waals surface area contributed by atoms with Gasteiger partial charge in [0.2, 0.25) is 11.9 Å². The largest absolute Gasteiger partial charge is 0.416 e. The Kier molecular flexibility index (Phi) is 5.36. The number of halogens is 4. The molecule has 0 atom stereocenters. The summed E-state index contributed by atoms with van der Waals surface area (Å²) in [5, 5.41) is 5.79. The summed E-state index contributed by atoms with van der Waals surface area (Å²) in [7, 11) is 0. The van der Waals surface area contributed by atoms with Crippen LogP contribution in [0.5, 0.6) is 0 Å². The lowest BCUT2D eigenvalue weighted by molar-refractivity contribution is -0.137. The van der Waals surface area contributed by atoms with Gasteiger partial charge in [0.15, 0.2) is 5.82 Å². The SMILES string of the molecule is NC(=O)c1ccc(Nc2ncc(Cl)c(Nc3cccc(C(F)(F)F)c3)n2)cc1. The van der Waals surface area contributed by atoms with Crippen LogP contribution < -0.4 is 16.4 Å². The van der Waals surface area contributed by atoms with Crippen molar-refractivity contribution in [3.05, 3.63) is 70.9 Å². The van der Waals surface area contributed by atoms with E-state index in [4.69, 9.17) is 17.3 Å². The molecule has 0 unspecified atom stereocenters. The predicted molar refractivity (Wildman–Crippen MR) is 100 cm³/mol. The van der Waals surface area contributed by atoms with E-state index in [1.165, 1.54) is 30.5 Å². The first-order valence-electron chi connectivity index (χ1n) is 7.86. The van der Waals surface area contributed by atoms with Gasteiger partial charge in [0.1, 0.15) is 5.02 Å². The second-order valence-electron chi connectivity index (χ2n) is 5.66. The second-order valence-corrected chi connectivity index (χ2v) is 6.07. The van der Waals surface area contributed by atoms with Crippen molar-refractivity contribution in [3.63, 3.8) is 0 Å². The highest BCUT2D eigenvalue weighted by molar-refractivity contribution is 6.32. The molecule has 28 heavy (non-hydrogen) atoms. The van der Waals surface area contributed by atoms with Crippen molar-refractivity contribution in [2.75, 3.05) is 10.6 Å². The number of nitrogens with two attached hydrogens (primary N) is 1. The van der Waals surface area contributed by atoms with Crippen LogP contribution >= 0.6 is 11.6 Å². The number of benzene rings is 2. The molecular formula is C18H13ClF3N5O. The van der Waals surface area contributed by atoms with E-state index in [1.807, 2.05) is 0 Å². The van der Waals surface area contributed by atoms with E-state index in [0.717, 1.165) is 12.1 Å². The Morgan fingerprint density at radius 3 is 2.39 bits per heavy atom. The maximum absolute atomic E-state index is 12.9. The molecule has 0 aliphatic carbocycles. The summed E-state index contributed by atoms with van der Waals surface area (Å²) in [5.74, 6) is -0.264. The molecule has 6 nitrogen and oxygen atoms in total. The van der Waals surface area contributed by atoms with Gasteiger partial charge < -0.3 is 16.4 Å². The summed E-state index contributed by atoms with van der Waals surface area (Å²) >= 11 is 6.05. The quantitative estimate of drug-likeness (QED) is 0.568. The second kappa shape index (κ2) is 7.73. The number of nitrogens with one attached hydrogen (secondary N) is 2. The number of hydrogen-bond acceptors (Lipinski definition) is 5. The molecule has 2 aromatic carbocycles. The number of nitrogens with zero attached hydrogens (tertiary/aromatic N) is 2. The molecule has 0 saturated carbocycles. The first-order chi connectivity index (χ1) is 13.2. The number of amides is 1. The van der Waals surface area contributed by atoms with Crippen molar-refractivity contribution in [2.24, 2.45) is 5.73 Å². The third-order valence-electron chi connectivity index (χ3n) is 3.62. The number of alkyl halides is 3. The Labute approximate surface area is 162 Å². The highest BCUT2D eigenvalue weighted by Crippen LogP contribution is 2.32. The number of hydrogen-bond donors (Lipinski definition) is 3. The van der Waals surface area contributed by atoms with E-state index in [9.17, 15) is 18.0 Å². The van der Waals surface area contributed by atoms with Crippen LogP contribution in [0, 0.1) is 0 Å². The molecular weight excluding hydrogens is 395 g/mol. The van der Waals surface area contributed by atoms with Gasteiger partial charge in [0.05, 0.1) is 11.8 Å². The molecule has 3 rings (SSSR count). The first kappa shape index (κ1) is 19.4. The minimum atomic E-state index is -4.46. The molecule has 0 radical (unpaired) electrons. The molecule has 1 aromatic heterocycles. The number of primary amides is 1. The van der Waals surface area contributed by atoms with Crippen LogP contribution in [0.25, 0.3) is 0 Å². The van der Waals surface area contributed by atoms with E-state index in [0.29, 0.717) is 11.3 Å². The Hall–Kier alpha value is -3.33. The molecule has 0 spiro atoms. The Morgan fingerprint density at radius 2 is 1.75 bits per heavy atom. The number of aromatic nitrogens is 2. The number of rotatable bonds is 5. The fourth-order valence-electron chi connectivity index (χ4n) is 2.27. The van der Waals surface area contributed by atoms with Crippen LogP contribution in [-0.4, -0.2) is 15.9 Å². The van der Waals surface area contributed by atoms with Crippen molar-refractivity contribution < 1.29 is 18.0 Å². The minimum absolute atomic E-state index is 0.132. The third-order valence-corrected chi connectivity index (χ3v) is 3.90. The van der Waals surface area contributed by atoms with Crippen molar-refractivity contribution in [1.82, 2.24) is 9.97 Å². The maximum atomic E-state index is 12.9. The first-order valence-corrected chi connectivity index (χ1v) is 8.24. The standard InChI is InChI=1S/C18H13ClF3N5O/c19-14-9-24-17(26-12-6-4-10(5-7-12)15(23)28)27-16(14)25-13-3-1-2-11(8-13)18(20,21)22/h1-9H,(H2,23,28)(H2,24,25,26,27). The third kappa shape index (κ3) is 4.68. The Bertz CT molecular complexity index is 1010. The van der Waals surface area contributed by atoms with Crippen molar-refractivity contribution >= 4 is 40.6 Å². The van der Waals surface area contributed by atoms with Crippen LogP contribution in [0.2, 0.25) is 5.02 Å². The summed E-state index contributed by atoms with van der Waals surface area (Å²) in [6.07, 6.45) is -3.15. The average Bonchev–Trinajstić information content (AvgIpc) is 2.64. The van der Waals surface area contributed by atoms with E-state index in [2.05, 4.69) is 20.6 Å². The average molecular weight is 408 g/mol. The van der Waals surface area contributed by atoms with Gasteiger partial charge in [-0.05, 0) is 42.5 Å². The van der Waals surface area contributed by atoms with Gasteiger partial charge in [-0.2, -0.15) is 18.2 Å². The number of carbonyl (C=O) groups is 1. The van der Waals surface area contributed by atoms with Crippen LogP contribution in [0.3, 0.4) is 0 Å². The molecule has 1 heterocycles. The summed E-state index contributed by atoms with van der Waals surface area (Å²) < 4.78 is 38.6. The van der Waals surface area contributed by atoms with Gasteiger partial charge in [-0.3, -0.25) is 4.79 Å². The Morgan fingerprint density at radius 1 is 1.04 bits per heavy atom. The van der Waals surface area contributed by atoms with Crippen molar-refractivity contribution in [2.45, 2.75) is 6.18 Å². The summed E-state index contributed by atoms with van der Waals surface area (Å²) in [6, 6.07) is 10.9. The fourth-order valence-corrected chi connectivity index (χ4v) is 2.41. The molecule has 1 amide bonds. The van der Waals surface area contributed by atoms with Gasteiger partial charge in [-0.15, -0.1) is 0 Å². The van der Waals surface area contributed by atoms with Gasteiger partial charge in [-0.1, -0.05) is 17.7 Å².